The molecule has 0 saturated heterocycles. The minimum Gasteiger partial charge on any atom is -0.465 e. The van der Waals surface area contributed by atoms with Crippen LogP contribution >= 0.6 is 34.4 Å². The number of aromatic nitrogens is 3. The Morgan fingerprint density at radius 3 is 2.74 bits per heavy atom. The Balaban J connectivity index is 1.31. The number of hydrogen-bond acceptors (Lipinski definition) is 8. The predicted octanol–water partition coefficient (Wildman–Crippen LogP) is 6.53. The van der Waals surface area contributed by atoms with Crippen molar-refractivity contribution in [3.63, 3.8) is 0 Å². The lowest BCUT2D eigenvalue weighted by Gasteiger charge is -2.18. The van der Waals surface area contributed by atoms with E-state index in [4.69, 9.17) is 4.74 Å². The van der Waals surface area contributed by atoms with E-state index in [9.17, 15) is 9.59 Å². The molecular formula is C28H30N4O3S3. The number of methoxy groups -OCH3 is 1. The summed E-state index contributed by atoms with van der Waals surface area (Å²) >= 11 is 4.46. The lowest BCUT2D eigenvalue weighted by molar-refractivity contribution is -0.113. The summed E-state index contributed by atoms with van der Waals surface area (Å²) in [5, 5.41) is 17.0. The number of fused-ring (bicyclic) bond motifs is 1. The Morgan fingerprint density at radius 1 is 1.16 bits per heavy atom. The van der Waals surface area contributed by atoms with Crippen LogP contribution in [0.1, 0.15) is 45.3 Å². The molecule has 38 heavy (non-hydrogen) atoms. The van der Waals surface area contributed by atoms with Gasteiger partial charge < -0.3 is 14.6 Å². The zero-order valence-corrected chi connectivity index (χ0v) is 24.5. The fourth-order valence-corrected chi connectivity index (χ4v) is 7.73. The van der Waals surface area contributed by atoms with Crippen molar-refractivity contribution in [3.8, 4) is 22.5 Å². The number of aryl methyl sites for hydroxylation is 2. The molecule has 1 atom stereocenters. The van der Waals surface area contributed by atoms with Crippen molar-refractivity contribution in [2.45, 2.75) is 45.2 Å². The third kappa shape index (κ3) is 5.17. The second kappa shape index (κ2) is 11.0. The highest BCUT2D eigenvalue weighted by Gasteiger charge is 2.25. The number of esters is 1. The average Bonchev–Trinajstić information content (AvgIpc) is 3.60. The van der Waals surface area contributed by atoms with Gasteiger partial charge in [0.1, 0.15) is 10.6 Å². The fourth-order valence-electron chi connectivity index (χ4n) is 4.81. The van der Waals surface area contributed by atoms with Crippen LogP contribution < -0.4 is 5.32 Å². The molecule has 5 rings (SSSR count). The second-order valence-electron chi connectivity index (χ2n) is 9.76. The number of nitrogens with zero attached hydrogens (tertiary/aromatic N) is 3. The van der Waals surface area contributed by atoms with Crippen LogP contribution in [0.5, 0.6) is 0 Å². The Morgan fingerprint density at radius 2 is 1.95 bits per heavy atom. The number of nitrogens with one attached hydrogen (secondary N) is 1. The number of carbonyl (C=O) groups is 2. The largest absolute Gasteiger partial charge is 0.465 e. The standard InChI is InChI=1S/C28H30N4O3S3/c1-15-6-8-17(3)19(10-15)20-12-37-26(24(20)27(34)35-5)29-23(33)14-38-28-31-30-25(32(28)4)21-13-36-22-11-16(2)7-9-18(21)22/h6,8,10,12-13,16H,7,9,11,14H2,1-5H3,(H,29,33). The van der Waals surface area contributed by atoms with Crippen molar-refractivity contribution in [2.75, 3.05) is 18.2 Å². The molecule has 0 saturated carbocycles. The molecule has 4 aromatic rings. The Hall–Kier alpha value is -2.95. The van der Waals surface area contributed by atoms with E-state index in [1.165, 1.54) is 47.1 Å². The van der Waals surface area contributed by atoms with E-state index < -0.39 is 5.97 Å². The normalized spacial score (nSPS) is 14.8. The third-order valence-electron chi connectivity index (χ3n) is 6.93. The molecule has 1 N–H and O–H groups in total. The number of benzene rings is 1. The topological polar surface area (TPSA) is 86.1 Å². The van der Waals surface area contributed by atoms with E-state index >= 15 is 0 Å². The van der Waals surface area contributed by atoms with Crippen molar-refractivity contribution in [3.05, 3.63) is 56.1 Å². The molecule has 0 radical (unpaired) electrons. The maximum Gasteiger partial charge on any atom is 0.341 e. The number of thiophene rings is 2. The minimum atomic E-state index is -0.475. The smallest absolute Gasteiger partial charge is 0.341 e. The van der Waals surface area contributed by atoms with Gasteiger partial charge in [-0.2, -0.15) is 0 Å². The van der Waals surface area contributed by atoms with Gasteiger partial charge in [-0.15, -0.1) is 32.9 Å². The highest BCUT2D eigenvalue weighted by molar-refractivity contribution is 7.99. The monoisotopic (exact) mass is 566 g/mol. The van der Waals surface area contributed by atoms with Gasteiger partial charge in [0.15, 0.2) is 11.0 Å². The predicted molar refractivity (Wildman–Crippen MR) is 155 cm³/mol. The average molecular weight is 567 g/mol. The SMILES string of the molecule is COC(=O)c1c(-c2cc(C)ccc2C)csc1NC(=O)CSc1nnc(-c2csc3c2CCC(C)C3)n1C. The van der Waals surface area contributed by atoms with Crippen LogP contribution in [-0.2, 0) is 29.4 Å². The highest BCUT2D eigenvalue weighted by atomic mass is 32.2. The van der Waals surface area contributed by atoms with Crippen LogP contribution in [-0.4, -0.2) is 39.5 Å². The first-order valence-electron chi connectivity index (χ1n) is 12.5. The minimum absolute atomic E-state index is 0.141. The first-order valence-corrected chi connectivity index (χ1v) is 15.2. The van der Waals surface area contributed by atoms with Gasteiger partial charge in [0.2, 0.25) is 5.91 Å². The molecule has 3 aromatic heterocycles. The van der Waals surface area contributed by atoms with E-state index in [-0.39, 0.29) is 11.7 Å². The summed E-state index contributed by atoms with van der Waals surface area (Å²) in [6.45, 7) is 6.32. The third-order valence-corrected chi connectivity index (χ3v) is 9.89. The van der Waals surface area contributed by atoms with Crippen molar-refractivity contribution < 1.29 is 14.3 Å². The first-order chi connectivity index (χ1) is 18.3. The Kier molecular flexibility index (Phi) is 7.74. The molecule has 10 heteroatoms. The van der Waals surface area contributed by atoms with Gasteiger partial charge >= 0.3 is 5.97 Å². The maximum atomic E-state index is 13.0. The zero-order chi connectivity index (χ0) is 27.0. The zero-order valence-electron chi connectivity index (χ0n) is 22.1. The van der Waals surface area contributed by atoms with Crippen molar-refractivity contribution >= 4 is 51.3 Å². The number of anilines is 1. The Bertz CT molecular complexity index is 1520. The van der Waals surface area contributed by atoms with Gasteiger partial charge in [-0.1, -0.05) is 42.4 Å². The quantitative estimate of drug-likeness (QED) is 0.202. The molecule has 198 valence electrons. The molecule has 7 nitrogen and oxygen atoms in total. The first kappa shape index (κ1) is 26.6. The van der Waals surface area contributed by atoms with E-state index in [1.807, 2.05) is 49.0 Å². The van der Waals surface area contributed by atoms with Gasteiger partial charge in [-0.25, -0.2) is 4.79 Å². The van der Waals surface area contributed by atoms with Crippen molar-refractivity contribution in [1.29, 1.82) is 0 Å². The maximum absolute atomic E-state index is 13.0. The van der Waals surface area contributed by atoms with Crippen LogP contribution in [0.15, 0.2) is 34.1 Å². The summed E-state index contributed by atoms with van der Waals surface area (Å²) in [7, 11) is 3.29. The molecule has 0 spiro atoms. The number of ether oxygens (including phenoxy) is 1. The molecule has 0 bridgehead atoms. The van der Waals surface area contributed by atoms with E-state index in [1.54, 1.807) is 11.3 Å². The summed E-state index contributed by atoms with van der Waals surface area (Å²) in [5.41, 5.74) is 6.78. The van der Waals surface area contributed by atoms with Crippen molar-refractivity contribution in [1.82, 2.24) is 14.8 Å². The molecule has 1 unspecified atom stereocenters. The molecule has 1 aliphatic carbocycles. The summed E-state index contributed by atoms with van der Waals surface area (Å²) in [6, 6.07) is 6.11. The van der Waals surface area contributed by atoms with E-state index in [0.29, 0.717) is 15.7 Å². The van der Waals surface area contributed by atoms with Crippen LogP contribution in [0.3, 0.4) is 0 Å². The van der Waals surface area contributed by atoms with Gasteiger partial charge in [-0.05, 0) is 55.7 Å². The summed E-state index contributed by atoms with van der Waals surface area (Å²) in [4.78, 5) is 27.1. The second-order valence-corrected chi connectivity index (χ2v) is 12.6. The molecule has 1 aliphatic rings. The molecular weight excluding hydrogens is 537 g/mol. The summed E-state index contributed by atoms with van der Waals surface area (Å²) in [5.74, 6) is 1.00. The molecule has 1 amide bonds. The molecule has 0 aliphatic heterocycles. The number of hydrogen-bond donors (Lipinski definition) is 1. The van der Waals surface area contributed by atoms with Gasteiger partial charge in [0.25, 0.3) is 0 Å². The summed E-state index contributed by atoms with van der Waals surface area (Å²) in [6.07, 6.45) is 3.39. The number of rotatable bonds is 7. The summed E-state index contributed by atoms with van der Waals surface area (Å²) < 4.78 is 7.03. The van der Waals surface area contributed by atoms with Crippen LogP contribution in [0.2, 0.25) is 0 Å². The lowest BCUT2D eigenvalue weighted by atomic mass is 9.88. The van der Waals surface area contributed by atoms with Gasteiger partial charge in [0, 0.05) is 33.8 Å². The van der Waals surface area contributed by atoms with Gasteiger partial charge in [0.05, 0.1) is 12.9 Å². The fraction of sp³-hybridized carbons (Fsp3) is 0.357. The number of thioether (sulfide) groups is 1. The Labute approximate surface area is 234 Å². The van der Waals surface area contributed by atoms with Gasteiger partial charge in [-0.3, -0.25) is 4.79 Å². The molecule has 3 heterocycles. The lowest BCUT2D eigenvalue weighted by Crippen LogP contribution is -2.16. The number of carbonyl (C=O) groups excluding carboxylic acids is 2. The molecule has 1 aromatic carbocycles. The van der Waals surface area contributed by atoms with Crippen LogP contribution in [0, 0.1) is 19.8 Å². The van der Waals surface area contributed by atoms with Crippen molar-refractivity contribution in [2.24, 2.45) is 13.0 Å². The highest BCUT2D eigenvalue weighted by Crippen LogP contribution is 2.39. The van der Waals surface area contributed by atoms with Crippen LogP contribution in [0.4, 0.5) is 5.00 Å². The van der Waals surface area contributed by atoms with E-state index in [2.05, 4.69) is 27.8 Å². The number of amides is 1. The van der Waals surface area contributed by atoms with Crippen LogP contribution in [0.25, 0.3) is 22.5 Å². The molecule has 0 fully saturated rings. The van der Waals surface area contributed by atoms with E-state index in [0.717, 1.165) is 52.4 Å².